The number of halogens is 1. The Morgan fingerprint density at radius 1 is 1.30 bits per heavy atom. The van der Waals surface area contributed by atoms with Gasteiger partial charge in [0.25, 0.3) is 5.91 Å². The molecule has 1 aliphatic rings. The molecule has 0 radical (unpaired) electrons. The number of nitrogens with one attached hydrogen (secondary N) is 2. The lowest BCUT2D eigenvalue weighted by molar-refractivity contribution is -0.115. The van der Waals surface area contributed by atoms with Crippen molar-refractivity contribution >= 4 is 29.6 Å². The Morgan fingerprint density at radius 2 is 2.10 bits per heavy atom. The summed E-state index contributed by atoms with van der Waals surface area (Å²) in [5.74, 6) is -0.287. The van der Waals surface area contributed by atoms with E-state index < -0.39 is 11.9 Å². The average molecular weight is 299 g/mol. The molecular weight excluding hydrogens is 288 g/mol. The summed E-state index contributed by atoms with van der Waals surface area (Å²) in [6, 6.07) is 0.907. The second-order valence-corrected chi connectivity index (χ2v) is 4.05. The number of imide groups is 1. The first-order valence-corrected chi connectivity index (χ1v) is 5.96. The minimum atomic E-state index is -0.585. The molecule has 1 aromatic heterocycles. The summed E-state index contributed by atoms with van der Waals surface area (Å²) in [6.45, 7) is 0.702. The molecule has 0 unspecified atom stereocenters. The van der Waals surface area contributed by atoms with Crippen LogP contribution in [0.15, 0.2) is 11.8 Å². The number of methoxy groups -OCH3 is 1. The van der Waals surface area contributed by atoms with Crippen molar-refractivity contribution in [2.45, 2.75) is 0 Å². The lowest BCUT2D eigenvalue weighted by Gasteiger charge is -2.05. The van der Waals surface area contributed by atoms with Crippen molar-refractivity contribution in [1.82, 2.24) is 20.6 Å². The highest BCUT2D eigenvalue weighted by Gasteiger charge is 2.23. The van der Waals surface area contributed by atoms with Gasteiger partial charge in [-0.15, -0.1) is 0 Å². The van der Waals surface area contributed by atoms with Crippen LogP contribution < -0.4 is 15.4 Å². The number of hydrogen-bond acceptors (Lipinski definition) is 6. The average Bonchev–Trinajstić information content (AvgIpc) is 2.67. The minimum Gasteiger partial charge on any atom is -0.475 e. The summed E-state index contributed by atoms with van der Waals surface area (Å²) in [7, 11) is 1.55. The zero-order valence-electron chi connectivity index (χ0n) is 10.5. The standard InChI is InChI=1S/C11H11ClN4O4/c1-19-2-3-20-8-5-6(13-10(12)15-8)4-7-9(17)16-11(18)14-7/h4-5H,2-3H2,1H3,(H2,14,16,17,18)/b7-4+. The molecule has 20 heavy (non-hydrogen) atoms. The molecule has 0 spiro atoms. The van der Waals surface area contributed by atoms with Crippen molar-refractivity contribution in [3.63, 3.8) is 0 Å². The molecule has 3 amide bonds. The van der Waals surface area contributed by atoms with Crippen LogP contribution in [-0.2, 0) is 9.53 Å². The first-order chi connectivity index (χ1) is 9.58. The topological polar surface area (TPSA) is 102 Å². The molecule has 1 aliphatic heterocycles. The molecule has 0 saturated carbocycles. The van der Waals surface area contributed by atoms with Crippen molar-refractivity contribution < 1.29 is 19.1 Å². The molecule has 106 valence electrons. The smallest absolute Gasteiger partial charge is 0.326 e. The van der Waals surface area contributed by atoms with Gasteiger partial charge in [0.15, 0.2) is 0 Å². The van der Waals surface area contributed by atoms with Crippen LogP contribution in [0.1, 0.15) is 5.69 Å². The van der Waals surface area contributed by atoms with Gasteiger partial charge in [0.1, 0.15) is 12.3 Å². The monoisotopic (exact) mass is 298 g/mol. The number of hydrogen-bond donors (Lipinski definition) is 2. The van der Waals surface area contributed by atoms with E-state index in [4.69, 9.17) is 21.1 Å². The summed E-state index contributed by atoms with van der Waals surface area (Å²) in [5, 5.41) is 4.39. The lowest BCUT2D eigenvalue weighted by Crippen LogP contribution is -2.22. The molecule has 1 aromatic rings. The van der Waals surface area contributed by atoms with Gasteiger partial charge in [0.05, 0.1) is 12.3 Å². The number of aromatic nitrogens is 2. The third kappa shape index (κ3) is 3.65. The van der Waals surface area contributed by atoms with E-state index in [1.165, 1.54) is 12.1 Å². The fraction of sp³-hybridized carbons (Fsp3) is 0.273. The van der Waals surface area contributed by atoms with Crippen LogP contribution in [0.4, 0.5) is 4.79 Å². The van der Waals surface area contributed by atoms with E-state index in [9.17, 15) is 9.59 Å². The number of carbonyl (C=O) groups excluding carboxylic acids is 2. The van der Waals surface area contributed by atoms with Crippen LogP contribution in [0, 0.1) is 0 Å². The van der Waals surface area contributed by atoms with Crippen LogP contribution >= 0.6 is 11.6 Å². The number of carbonyl (C=O) groups is 2. The van der Waals surface area contributed by atoms with Gasteiger partial charge in [-0.1, -0.05) is 0 Å². The van der Waals surface area contributed by atoms with Gasteiger partial charge in [-0.25, -0.2) is 9.78 Å². The van der Waals surface area contributed by atoms with Crippen molar-refractivity contribution in [2.75, 3.05) is 20.3 Å². The molecular formula is C11H11ClN4O4. The third-order valence-electron chi connectivity index (χ3n) is 2.24. The van der Waals surface area contributed by atoms with E-state index in [-0.39, 0.29) is 16.9 Å². The maximum Gasteiger partial charge on any atom is 0.326 e. The molecule has 0 atom stereocenters. The van der Waals surface area contributed by atoms with Gasteiger partial charge in [-0.2, -0.15) is 4.98 Å². The highest BCUT2D eigenvalue weighted by molar-refractivity contribution is 6.28. The Labute approximate surface area is 119 Å². The van der Waals surface area contributed by atoms with Crippen LogP contribution in [0.25, 0.3) is 6.08 Å². The molecule has 0 bridgehead atoms. The van der Waals surface area contributed by atoms with Crippen molar-refractivity contribution in [2.24, 2.45) is 0 Å². The summed E-state index contributed by atoms with van der Waals surface area (Å²) in [6.07, 6.45) is 1.37. The molecule has 1 saturated heterocycles. The Hall–Kier alpha value is -2.19. The molecule has 9 heteroatoms. The van der Waals surface area contributed by atoms with E-state index in [1.807, 2.05) is 0 Å². The number of nitrogens with zero attached hydrogens (tertiary/aromatic N) is 2. The van der Waals surface area contributed by atoms with Crippen molar-refractivity contribution in [3.05, 3.63) is 22.7 Å². The van der Waals surface area contributed by atoms with Crippen LogP contribution in [0.3, 0.4) is 0 Å². The molecule has 2 heterocycles. The Bertz CT molecular complexity index is 576. The number of urea groups is 1. The van der Waals surface area contributed by atoms with Gasteiger partial charge in [0.2, 0.25) is 11.2 Å². The zero-order valence-corrected chi connectivity index (χ0v) is 11.2. The Balaban J connectivity index is 2.17. The lowest BCUT2D eigenvalue weighted by atomic mass is 10.3. The Morgan fingerprint density at radius 3 is 2.75 bits per heavy atom. The van der Waals surface area contributed by atoms with Crippen LogP contribution in [-0.4, -0.2) is 42.2 Å². The van der Waals surface area contributed by atoms with Gasteiger partial charge in [-0.05, 0) is 17.7 Å². The summed E-state index contributed by atoms with van der Waals surface area (Å²) in [5.41, 5.74) is 0.414. The van der Waals surface area contributed by atoms with Gasteiger partial charge in [-0.3, -0.25) is 10.1 Å². The zero-order chi connectivity index (χ0) is 14.5. The highest BCUT2D eigenvalue weighted by Crippen LogP contribution is 2.15. The molecule has 2 N–H and O–H groups in total. The normalized spacial score (nSPS) is 16.2. The third-order valence-corrected chi connectivity index (χ3v) is 2.41. The summed E-state index contributed by atoms with van der Waals surface area (Å²) < 4.78 is 10.1. The first-order valence-electron chi connectivity index (χ1n) is 5.59. The molecule has 0 aromatic carbocycles. The predicted octanol–water partition coefficient (Wildman–Crippen LogP) is 0.335. The quantitative estimate of drug-likeness (QED) is 0.352. The first kappa shape index (κ1) is 14.2. The molecule has 0 aliphatic carbocycles. The number of rotatable bonds is 5. The van der Waals surface area contributed by atoms with E-state index in [2.05, 4.69) is 20.6 Å². The fourth-order valence-electron chi connectivity index (χ4n) is 1.42. The Kier molecular flexibility index (Phi) is 4.49. The summed E-state index contributed by atoms with van der Waals surface area (Å²) in [4.78, 5) is 30.2. The van der Waals surface area contributed by atoms with Crippen molar-refractivity contribution in [3.8, 4) is 5.88 Å². The number of ether oxygens (including phenoxy) is 2. The van der Waals surface area contributed by atoms with E-state index in [0.29, 0.717) is 18.9 Å². The second kappa shape index (κ2) is 6.31. The van der Waals surface area contributed by atoms with Crippen LogP contribution in [0.2, 0.25) is 5.28 Å². The number of amides is 3. The molecule has 1 fully saturated rings. The molecule has 2 rings (SSSR count). The fourth-order valence-corrected chi connectivity index (χ4v) is 1.60. The minimum absolute atomic E-state index is 0.0310. The van der Waals surface area contributed by atoms with E-state index in [0.717, 1.165) is 0 Å². The van der Waals surface area contributed by atoms with E-state index >= 15 is 0 Å². The SMILES string of the molecule is COCCOc1cc(/C=C2/NC(=O)NC2=O)nc(Cl)n1. The van der Waals surface area contributed by atoms with Gasteiger partial charge >= 0.3 is 6.03 Å². The summed E-state index contributed by atoms with van der Waals surface area (Å²) >= 11 is 5.76. The molecule has 8 nitrogen and oxygen atoms in total. The second-order valence-electron chi connectivity index (χ2n) is 3.71. The maximum atomic E-state index is 11.4. The predicted molar refractivity (Wildman–Crippen MR) is 69.1 cm³/mol. The van der Waals surface area contributed by atoms with Gasteiger partial charge in [0, 0.05) is 13.2 Å². The highest BCUT2D eigenvalue weighted by atomic mass is 35.5. The van der Waals surface area contributed by atoms with Crippen molar-refractivity contribution in [1.29, 1.82) is 0 Å². The largest absolute Gasteiger partial charge is 0.475 e. The maximum absolute atomic E-state index is 11.4. The van der Waals surface area contributed by atoms with E-state index in [1.54, 1.807) is 7.11 Å². The van der Waals surface area contributed by atoms with Gasteiger partial charge < -0.3 is 14.8 Å². The van der Waals surface area contributed by atoms with Crippen LogP contribution in [0.5, 0.6) is 5.88 Å².